The Morgan fingerprint density at radius 2 is 1.17 bits per heavy atom. The van der Waals surface area contributed by atoms with Crippen LogP contribution in [0.1, 0.15) is 0 Å². The SMILES string of the molecule is C[Si](C)(C)C[Si](C)(Cl)[Si](C)(C)Cl. The van der Waals surface area contributed by atoms with E-state index in [1.165, 1.54) is 5.67 Å². The molecule has 0 aromatic carbocycles. The Morgan fingerprint density at radius 1 is 0.833 bits per heavy atom. The van der Waals surface area contributed by atoms with E-state index in [4.69, 9.17) is 22.2 Å². The average Bonchev–Trinajstić information content (AvgIpc) is 1.52. The molecule has 0 saturated heterocycles. The van der Waals surface area contributed by atoms with E-state index in [9.17, 15) is 0 Å². The Balaban J connectivity index is 4.44. The Hall–Kier alpha value is 1.23. The molecule has 0 rings (SSSR count). The van der Waals surface area contributed by atoms with Gasteiger partial charge < -0.3 is 0 Å². The molecule has 0 nitrogen and oxygen atoms in total. The van der Waals surface area contributed by atoms with Gasteiger partial charge in [-0.2, -0.15) is 22.2 Å². The van der Waals surface area contributed by atoms with E-state index in [0.29, 0.717) is 0 Å². The molecule has 0 aliphatic carbocycles. The summed E-state index contributed by atoms with van der Waals surface area (Å²) in [5.41, 5.74) is 1.25. The van der Waals surface area contributed by atoms with Crippen molar-refractivity contribution in [2.75, 3.05) is 0 Å². The molecule has 0 saturated carbocycles. The minimum atomic E-state index is -1.60. The Kier molecular flexibility index (Phi) is 4.16. The summed E-state index contributed by atoms with van der Waals surface area (Å²) in [6, 6.07) is 0. The second-order valence-electron chi connectivity index (χ2n) is 5.41. The molecule has 0 N–H and O–H groups in total. The number of hydrogen-bond donors (Lipinski definition) is 0. The van der Waals surface area contributed by atoms with Gasteiger partial charge in [0.05, 0.1) is 0 Å². The van der Waals surface area contributed by atoms with Gasteiger partial charge in [-0.1, -0.05) is 39.3 Å². The molecule has 0 spiro atoms. The molecule has 0 aliphatic rings. The zero-order valence-electron chi connectivity index (χ0n) is 8.96. The predicted molar refractivity (Wildman–Crippen MR) is 69.0 cm³/mol. The lowest BCUT2D eigenvalue weighted by atomic mass is 11.7. The van der Waals surface area contributed by atoms with Gasteiger partial charge in [0.2, 0.25) is 0 Å². The van der Waals surface area contributed by atoms with Crippen LogP contribution in [0.2, 0.25) is 44.9 Å². The van der Waals surface area contributed by atoms with Gasteiger partial charge in [-0.25, -0.2) is 0 Å². The minimum absolute atomic E-state index is 1.02. The lowest BCUT2D eigenvalue weighted by Gasteiger charge is -2.34. The van der Waals surface area contributed by atoms with E-state index in [0.717, 1.165) is 0 Å². The molecular formula is C7H20Cl2Si3. The molecular weight excluding hydrogens is 239 g/mol. The van der Waals surface area contributed by atoms with Crippen LogP contribution < -0.4 is 0 Å². The fraction of sp³-hybridized carbons (Fsp3) is 1.00. The van der Waals surface area contributed by atoms with Crippen molar-refractivity contribution in [1.82, 2.24) is 0 Å². The van der Waals surface area contributed by atoms with Crippen molar-refractivity contribution in [3.8, 4) is 0 Å². The second kappa shape index (κ2) is 3.77. The van der Waals surface area contributed by atoms with Gasteiger partial charge in [0.1, 0.15) is 0 Å². The summed E-state index contributed by atoms with van der Waals surface area (Å²) in [5, 5.41) is 0. The van der Waals surface area contributed by atoms with Crippen LogP contribution in [0.25, 0.3) is 0 Å². The van der Waals surface area contributed by atoms with E-state index in [-0.39, 0.29) is 0 Å². The third kappa shape index (κ3) is 4.46. The van der Waals surface area contributed by atoms with Gasteiger partial charge in [0.15, 0.2) is 13.8 Å². The Labute approximate surface area is 88.9 Å². The van der Waals surface area contributed by atoms with Crippen molar-refractivity contribution in [3.63, 3.8) is 0 Å². The molecule has 0 amide bonds. The first-order valence-electron chi connectivity index (χ1n) is 4.34. The van der Waals surface area contributed by atoms with Crippen LogP contribution in [0.3, 0.4) is 0 Å². The molecule has 74 valence electrons. The third-order valence-corrected chi connectivity index (χ3v) is 30.6. The molecule has 0 aromatic heterocycles. The summed E-state index contributed by atoms with van der Waals surface area (Å²) in [4.78, 5) is 0. The fourth-order valence-corrected chi connectivity index (χ4v) is 24.8. The standard InChI is InChI=1S/C7H20Cl2Si3/c1-10(2,3)7-12(6,9)11(4,5)8/h7H2,1-6H3. The molecule has 1 unspecified atom stereocenters. The molecule has 5 heteroatoms. The maximum absolute atomic E-state index is 6.60. The molecule has 1 atom stereocenters. The van der Waals surface area contributed by atoms with E-state index in [2.05, 4.69) is 39.3 Å². The number of halogens is 2. The summed E-state index contributed by atoms with van der Waals surface area (Å²) in [6.07, 6.45) is 0. The lowest BCUT2D eigenvalue weighted by molar-refractivity contribution is 1.60. The Bertz CT molecular complexity index is 155. The van der Waals surface area contributed by atoms with Crippen LogP contribution in [0.4, 0.5) is 0 Å². The van der Waals surface area contributed by atoms with Crippen LogP contribution >= 0.6 is 22.2 Å². The van der Waals surface area contributed by atoms with Crippen molar-refractivity contribution in [3.05, 3.63) is 0 Å². The topological polar surface area (TPSA) is 0 Å². The van der Waals surface area contributed by atoms with Crippen molar-refractivity contribution in [1.29, 1.82) is 0 Å². The first kappa shape index (κ1) is 13.2. The average molecular weight is 259 g/mol. The summed E-state index contributed by atoms with van der Waals surface area (Å²) >= 11 is 13.0. The molecule has 0 bridgehead atoms. The first-order valence-corrected chi connectivity index (χ1v) is 16.8. The quantitative estimate of drug-likeness (QED) is 0.526. The predicted octanol–water partition coefficient (Wildman–Crippen LogP) is 4.20. The number of hydrogen-bond acceptors (Lipinski definition) is 0. The van der Waals surface area contributed by atoms with Gasteiger partial charge in [-0.15, -0.1) is 0 Å². The third-order valence-electron chi connectivity index (χ3n) is 2.10. The zero-order chi connectivity index (χ0) is 10.2. The van der Waals surface area contributed by atoms with Gasteiger partial charge in [0.25, 0.3) is 0 Å². The molecule has 0 heterocycles. The highest BCUT2D eigenvalue weighted by atomic mass is 35.6. The minimum Gasteiger partial charge on any atom is -0.170 e. The van der Waals surface area contributed by atoms with E-state index in [1.54, 1.807) is 0 Å². The van der Waals surface area contributed by atoms with Gasteiger partial charge >= 0.3 is 0 Å². The maximum Gasteiger partial charge on any atom is 0.159 e. The zero-order valence-corrected chi connectivity index (χ0v) is 13.5. The lowest BCUT2D eigenvalue weighted by Crippen LogP contribution is -2.52. The summed E-state index contributed by atoms with van der Waals surface area (Å²) in [6.45, 7) is 10.6. The van der Waals surface area contributed by atoms with Crippen LogP contribution in [0.15, 0.2) is 0 Å². The molecule has 0 aliphatic heterocycles. The highest BCUT2D eigenvalue weighted by molar-refractivity contribution is 7.71. The molecule has 12 heavy (non-hydrogen) atoms. The van der Waals surface area contributed by atoms with Crippen LogP contribution in [0, 0.1) is 0 Å². The molecule has 0 aromatic rings. The van der Waals surface area contributed by atoms with Gasteiger partial charge in [0, 0.05) is 8.07 Å². The van der Waals surface area contributed by atoms with Crippen LogP contribution in [0.5, 0.6) is 0 Å². The summed E-state index contributed by atoms with van der Waals surface area (Å²) < 4.78 is 0. The van der Waals surface area contributed by atoms with Gasteiger partial charge in [-0.05, 0) is 5.67 Å². The van der Waals surface area contributed by atoms with Crippen LogP contribution in [-0.4, -0.2) is 21.9 Å². The summed E-state index contributed by atoms with van der Waals surface area (Å²) in [7, 11) is -1.02. The Morgan fingerprint density at radius 3 is 1.25 bits per heavy atom. The van der Waals surface area contributed by atoms with Crippen molar-refractivity contribution in [2.45, 2.75) is 44.9 Å². The summed E-state index contributed by atoms with van der Waals surface area (Å²) in [5.74, 6) is 0. The normalized spacial score (nSPS) is 19.0. The van der Waals surface area contributed by atoms with Crippen LogP contribution in [-0.2, 0) is 0 Å². The number of rotatable bonds is 3. The largest absolute Gasteiger partial charge is 0.170 e. The van der Waals surface area contributed by atoms with Crippen molar-refractivity contribution >= 4 is 44.0 Å². The first-order chi connectivity index (χ1) is 4.96. The highest BCUT2D eigenvalue weighted by Crippen LogP contribution is 2.33. The van der Waals surface area contributed by atoms with E-state index < -0.39 is 21.9 Å². The van der Waals surface area contributed by atoms with Crippen molar-refractivity contribution in [2.24, 2.45) is 0 Å². The smallest absolute Gasteiger partial charge is 0.159 e. The molecule has 0 radical (unpaired) electrons. The maximum atomic E-state index is 6.60. The molecule has 0 fully saturated rings. The second-order valence-corrected chi connectivity index (χ2v) is 31.6. The van der Waals surface area contributed by atoms with E-state index >= 15 is 0 Å². The fourth-order valence-electron chi connectivity index (χ4n) is 1.21. The van der Waals surface area contributed by atoms with Gasteiger partial charge in [-0.3, -0.25) is 0 Å². The van der Waals surface area contributed by atoms with Crippen molar-refractivity contribution < 1.29 is 0 Å². The highest BCUT2D eigenvalue weighted by Gasteiger charge is 2.45. The van der Waals surface area contributed by atoms with E-state index in [1.807, 2.05) is 0 Å². The monoisotopic (exact) mass is 258 g/mol.